The highest BCUT2D eigenvalue weighted by Crippen LogP contribution is 2.39. The van der Waals surface area contributed by atoms with Crippen LogP contribution in [0.5, 0.6) is 34.5 Å². The number of fused-ring (bicyclic) bond motifs is 6. The number of aromatic carboxylic acids is 1. The SMILES string of the molecule is CCOC(=O)C1(N)Cc2ccccc2C1.CCOC(=O)C1(NC(=O)c2cccc3c2OCCO3)Cc2ccccc2C1.O=C(NC1(C(=O)O)Cc2ccccc2C1)c1cccc2c1OCCO2.O=C(O)c1cccc2c1OCCO2. The lowest BCUT2D eigenvalue weighted by atomic mass is 9.94. The molecule has 0 fully saturated rings. The van der Waals surface area contributed by atoms with Gasteiger partial charge in [0.1, 0.15) is 61.8 Å². The predicted octanol–water partition coefficient (Wildman–Crippen LogP) is 6.30. The van der Waals surface area contributed by atoms with Gasteiger partial charge < -0.3 is 64.5 Å². The van der Waals surface area contributed by atoms with Gasteiger partial charge in [-0.05, 0) is 83.6 Å². The summed E-state index contributed by atoms with van der Waals surface area (Å²) in [5, 5.41) is 24.3. The average molecular weight is 1090 g/mol. The van der Waals surface area contributed by atoms with Crippen LogP contribution in [-0.4, -0.2) is 115 Å². The summed E-state index contributed by atoms with van der Waals surface area (Å²) in [4.78, 5) is 73.1. The second kappa shape index (κ2) is 24.3. The Labute approximate surface area is 461 Å². The molecule has 0 aromatic heterocycles. The van der Waals surface area contributed by atoms with E-state index in [1.54, 1.807) is 62.4 Å². The summed E-state index contributed by atoms with van der Waals surface area (Å²) in [5.41, 5.74) is 9.84. The first kappa shape index (κ1) is 55.6. The molecule has 3 heterocycles. The number of esters is 2. The zero-order valence-corrected chi connectivity index (χ0v) is 44.2. The third kappa shape index (κ3) is 12.0. The zero-order valence-electron chi connectivity index (χ0n) is 44.2. The number of carbonyl (C=O) groups is 6. The minimum atomic E-state index is -1.35. The van der Waals surface area contributed by atoms with Gasteiger partial charge in [0.15, 0.2) is 34.5 Å². The van der Waals surface area contributed by atoms with Crippen molar-refractivity contribution in [1.82, 2.24) is 10.6 Å². The molecule has 6 aromatic rings. The molecule has 0 saturated carbocycles. The minimum Gasteiger partial charge on any atom is -0.486 e. The molecule has 2 amide bonds. The molecule has 3 aliphatic heterocycles. The van der Waals surface area contributed by atoms with Gasteiger partial charge in [0.05, 0.1) is 24.3 Å². The van der Waals surface area contributed by atoms with E-state index in [0.717, 1.165) is 33.4 Å². The highest BCUT2D eigenvalue weighted by Gasteiger charge is 2.48. The van der Waals surface area contributed by atoms with Crippen LogP contribution in [0.2, 0.25) is 0 Å². The Bertz CT molecular complexity index is 3250. The summed E-state index contributed by atoms with van der Waals surface area (Å²) in [6.07, 6.45) is 2.50. The molecule has 6 N–H and O–H groups in total. The summed E-state index contributed by atoms with van der Waals surface area (Å²) in [7, 11) is 0. The van der Waals surface area contributed by atoms with Crippen LogP contribution in [0.15, 0.2) is 127 Å². The fraction of sp³-hybridized carbons (Fsp3) is 0.311. The van der Waals surface area contributed by atoms with Crippen LogP contribution < -0.4 is 44.8 Å². The Morgan fingerprint density at radius 1 is 0.438 bits per heavy atom. The molecule has 0 unspecified atom stereocenters. The smallest absolute Gasteiger partial charge is 0.339 e. The number of aliphatic carboxylic acids is 1. The molecule has 0 spiro atoms. The van der Waals surface area contributed by atoms with Crippen molar-refractivity contribution in [2.75, 3.05) is 52.9 Å². The van der Waals surface area contributed by atoms with E-state index in [4.69, 9.17) is 48.7 Å². The van der Waals surface area contributed by atoms with Crippen molar-refractivity contribution in [2.24, 2.45) is 5.73 Å². The molecule has 0 saturated heterocycles. The normalized spacial score (nSPS) is 16.2. The summed E-state index contributed by atoms with van der Waals surface area (Å²) < 4.78 is 43.0. The number of para-hydroxylation sites is 3. The average Bonchev–Trinajstić information content (AvgIpc) is 4.22. The van der Waals surface area contributed by atoms with E-state index < -0.39 is 40.4 Å². The lowest BCUT2D eigenvalue weighted by molar-refractivity contribution is -0.150. The number of hydrogen-bond acceptors (Lipinski definition) is 15. The molecule has 19 heteroatoms. The zero-order chi connectivity index (χ0) is 56.4. The second-order valence-electron chi connectivity index (χ2n) is 19.6. The standard InChI is InChI=1S/C21H21NO5.C19H17NO5.C12H15NO2.C9H8O4/c1-2-25-20(24)21(12-14-6-3-4-7-15(14)13-21)22-19(23)16-8-5-9-17-18(16)27-11-10-26-17;21-17(14-6-3-7-15-16(14)25-9-8-24-15)20-19(18(22)23)10-12-4-1-2-5-13(12)11-19;1-2-15-11(14)12(13)7-9-5-3-4-6-10(9)8-12;10-9(11)6-2-1-3-7-8(6)13-5-4-12-7/h3-9H,2,10-13H2,1H3,(H,22,23);1-7H,8-11H2,(H,20,21)(H,22,23);3-6H,2,7-8,13H2,1H3;1-3H,4-5H2,(H,10,11). The molecule has 12 rings (SSSR count). The summed E-state index contributed by atoms with van der Waals surface area (Å²) in [5.74, 6) is -0.952. The first-order valence-electron chi connectivity index (χ1n) is 26.3. The van der Waals surface area contributed by atoms with Crippen LogP contribution in [0, 0.1) is 0 Å². The Morgan fingerprint density at radius 3 is 1.14 bits per heavy atom. The van der Waals surface area contributed by atoms with Crippen LogP contribution >= 0.6 is 0 Å². The molecule has 19 nitrogen and oxygen atoms in total. The molecule has 0 radical (unpaired) electrons. The van der Waals surface area contributed by atoms with Crippen molar-refractivity contribution in [3.05, 3.63) is 177 Å². The van der Waals surface area contributed by atoms with Gasteiger partial charge in [0.25, 0.3) is 11.8 Å². The van der Waals surface area contributed by atoms with Gasteiger partial charge in [0.2, 0.25) is 0 Å². The van der Waals surface area contributed by atoms with Gasteiger partial charge in [0, 0.05) is 38.5 Å². The van der Waals surface area contributed by atoms with Crippen LogP contribution in [0.25, 0.3) is 0 Å². The fourth-order valence-corrected chi connectivity index (χ4v) is 10.5. The maximum absolute atomic E-state index is 13.1. The first-order chi connectivity index (χ1) is 38.7. The van der Waals surface area contributed by atoms with Crippen LogP contribution in [-0.2, 0) is 62.4 Å². The van der Waals surface area contributed by atoms with Crippen LogP contribution in [0.3, 0.4) is 0 Å². The van der Waals surface area contributed by atoms with Gasteiger partial charge in [-0.25, -0.2) is 14.4 Å². The molecule has 6 aliphatic rings. The minimum absolute atomic E-state index is 0.150. The van der Waals surface area contributed by atoms with E-state index in [-0.39, 0.29) is 42.5 Å². The Balaban J connectivity index is 0.000000135. The fourth-order valence-electron chi connectivity index (χ4n) is 10.5. The monoisotopic (exact) mass is 1090 g/mol. The van der Waals surface area contributed by atoms with E-state index >= 15 is 0 Å². The molecule has 3 aliphatic carbocycles. The molecule has 416 valence electrons. The Hall–Kier alpha value is -9.10. The van der Waals surface area contributed by atoms with E-state index in [0.29, 0.717) is 112 Å². The number of carbonyl (C=O) groups excluding carboxylic acids is 4. The number of ether oxygens (including phenoxy) is 8. The number of carboxylic acid groups (broad SMARTS) is 2. The van der Waals surface area contributed by atoms with Gasteiger partial charge in [-0.1, -0.05) is 91.0 Å². The third-order valence-electron chi connectivity index (χ3n) is 14.2. The van der Waals surface area contributed by atoms with Gasteiger partial charge in [-0.2, -0.15) is 0 Å². The van der Waals surface area contributed by atoms with Gasteiger partial charge in [-0.3, -0.25) is 14.4 Å². The van der Waals surface area contributed by atoms with Crippen molar-refractivity contribution in [3.63, 3.8) is 0 Å². The van der Waals surface area contributed by atoms with Crippen molar-refractivity contribution in [2.45, 2.75) is 69.0 Å². The molecule has 6 aromatic carbocycles. The number of rotatable bonds is 10. The van der Waals surface area contributed by atoms with Crippen molar-refractivity contribution in [1.29, 1.82) is 0 Å². The number of nitrogens with one attached hydrogen (secondary N) is 2. The van der Waals surface area contributed by atoms with E-state index in [2.05, 4.69) is 10.6 Å². The highest BCUT2D eigenvalue weighted by molar-refractivity contribution is 6.02. The van der Waals surface area contributed by atoms with E-state index in [1.165, 1.54) is 6.07 Å². The first-order valence-corrected chi connectivity index (χ1v) is 26.3. The topological polar surface area (TPSA) is 267 Å². The molecular formula is C61H61N3O16. The third-order valence-corrected chi connectivity index (χ3v) is 14.2. The van der Waals surface area contributed by atoms with Gasteiger partial charge >= 0.3 is 23.9 Å². The van der Waals surface area contributed by atoms with E-state index in [1.807, 2.05) is 72.8 Å². The van der Waals surface area contributed by atoms with Crippen molar-refractivity contribution in [3.8, 4) is 34.5 Å². The maximum Gasteiger partial charge on any atom is 0.339 e. The largest absolute Gasteiger partial charge is 0.486 e. The number of carboxylic acids is 2. The quantitative estimate of drug-likeness (QED) is 0.0942. The Kier molecular flexibility index (Phi) is 16.9. The molecule has 80 heavy (non-hydrogen) atoms. The highest BCUT2D eigenvalue weighted by atomic mass is 16.6. The summed E-state index contributed by atoms with van der Waals surface area (Å²) in [6.45, 7) is 6.66. The van der Waals surface area contributed by atoms with E-state index in [9.17, 15) is 33.9 Å². The number of amides is 2. The van der Waals surface area contributed by atoms with Crippen LogP contribution in [0.1, 0.15) is 78.3 Å². The number of hydrogen-bond donors (Lipinski definition) is 5. The second-order valence-corrected chi connectivity index (χ2v) is 19.6. The lowest BCUT2D eigenvalue weighted by Crippen LogP contribution is -2.56. The van der Waals surface area contributed by atoms with Crippen molar-refractivity contribution >= 4 is 35.7 Å². The summed E-state index contributed by atoms with van der Waals surface area (Å²) >= 11 is 0. The van der Waals surface area contributed by atoms with Crippen LogP contribution in [0.4, 0.5) is 0 Å². The molecule has 0 atom stereocenters. The van der Waals surface area contributed by atoms with Crippen molar-refractivity contribution < 1.29 is 76.9 Å². The predicted molar refractivity (Wildman–Crippen MR) is 289 cm³/mol. The molecule has 0 bridgehead atoms. The van der Waals surface area contributed by atoms with Gasteiger partial charge in [-0.15, -0.1) is 0 Å². The summed E-state index contributed by atoms with van der Waals surface area (Å²) in [6, 6.07) is 38.4. The Morgan fingerprint density at radius 2 is 0.762 bits per heavy atom. The molecular weight excluding hydrogens is 1030 g/mol. The lowest BCUT2D eigenvalue weighted by Gasteiger charge is -2.29. The number of benzene rings is 6. The number of nitrogens with two attached hydrogens (primary N) is 1. The maximum atomic E-state index is 13.1.